The Morgan fingerprint density at radius 2 is 1.63 bits per heavy atom. The highest BCUT2D eigenvalue weighted by atomic mass is 79.9. The Kier molecular flexibility index (Phi) is 5.74. The summed E-state index contributed by atoms with van der Waals surface area (Å²) in [5, 5.41) is 2.08. The van der Waals surface area contributed by atoms with Gasteiger partial charge in [-0.3, -0.25) is 9.10 Å². The van der Waals surface area contributed by atoms with Crippen LogP contribution >= 0.6 is 15.9 Å². The van der Waals surface area contributed by atoms with E-state index in [-0.39, 0.29) is 11.0 Å². The van der Waals surface area contributed by atoms with Gasteiger partial charge in [0.25, 0.3) is 5.91 Å². The summed E-state index contributed by atoms with van der Waals surface area (Å²) in [6.07, 6.45) is 3.93. The maximum Gasteiger partial charge on any atom is 0.326 e. The van der Waals surface area contributed by atoms with E-state index in [4.69, 9.17) is 0 Å². The molecule has 0 aromatic heterocycles. The van der Waals surface area contributed by atoms with Gasteiger partial charge in [0, 0.05) is 6.42 Å². The van der Waals surface area contributed by atoms with Crippen LogP contribution in [0.3, 0.4) is 0 Å². The minimum atomic E-state index is -3.99. The van der Waals surface area contributed by atoms with Crippen molar-refractivity contribution in [3.8, 4) is 0 Å². The Hall–Kier alpha value is -2.90. The van der Waals surface area contributed by atoms with Gasteiger partial charge in [0.2, 0.25) is 0 Å². The van der Waals surface area contributed by atoms with Crippen molar-refractivity contribution in [1.29, 1.82) is 0 Å². The van der Waals surface area contributed by atoms with E-state index >= 15 is 0 Å². The topological polar surface area (TPSA) is 66.5 Å². The molecule has 5 nitrogen and oxygen atoms in total. The molecule has 0 bridgehead atoms. The number of fused-ring (bicyclic) bond motifs is 1. The van der Waals surface area contributed by atoms with Gasteiger partial charge in [-0.15, -0.1) is 0 Å². The SMILES string of the molecule is O=C1NS(=O)(=O)N(C/C=C/c2ccccc2)C(Cc2cccc3ccccc23)=C1Br. The summed E-state index contributed by atoms with van der Waals surface area (Å²) in [4.78, 5) is 12.3. The minimum absolute atomic E-state index is 0.104. The van der Waals surface area contributed by atoms with Crippen LogP contribution in [0.15, 0.2) is 89.1 Å². The van der Waals surface area contributed by atoms with Crippen molar-refractivity contribution in [2.45, 2.75) is 6.42 Å². The van der Waals surface area contributed by atoms with E-state index in [2.05, 4.69) is 20.7 Å². The summed E-state index contributed by atoms with van der Waals surface area (Å²) in [6.45, 7) is 0.104. The van der Waals surface area contributed by atoms with Gasteiger partial charge in [-0.1, -0.05) is 84.9 Å². The minimum Gasteiger partial charge on any atom is -0.267 e. The smallest absolute Gasteiger partial charge is 0.267 e. The van der Waals surface area contributed by atoms with Crippen LogP contribution in [0.4, 0.5) is 0 Å². The molecule has 1 aliphatic rings. The van der Waals surface area contributed by atoms with Gasteiger partial charge in [0.1, 0.15) is 4.48 Å². The molecule has 0 radical (unpaired) electrons. The van der Waals surface area contributed by atoms with Crippen molar-refractivity contribution in [3.05, 3.63) is 100 Å². The number of carbonyl (C=O) groups excluding carboxylic acids is 1. The predicted molar refractivity (Wildman–Crippen MR) is 123 cm³/mol. The number of benzene rings is 3. The molecule has 0 aliphatic carbocycles. The first-order valence-corrected chi connectivity index (χ1v) is 11.6. The van der Waals surface area contributed by atoms with Crippen LogP contribution in [0, 0.1) is 0 Å². The largest absolute Gasteiger partial charge is 0.326 e. The molecule has 1 N–H and O–H groups in total. The third-order valence-corrected chi connectivity index (χ3v) is 7.10. The lowest BCUT2D eigenvalue weighted by atomic mass is 10.0. The number of nitrogens with zero attached hydrogens (tertiary/aromatic N) is 1. The molecular formula is C23H19BrN2O3S. The molecule has 0 saturated heterocycles. The molecule has 7 heteroatoms. The van der Waals surface area contributed by atoms with Crippen LogP contribution in [0.25, 0.3) is 16.8 Å². The second kappa shape index (κ2) is 8.45. The van der Waals surface area contributed by atoms with Gasteiger partial charge in [-0.05, 0) is 37.8 Å². The molecule has 4 rings (SSSR count). The van der Waals surface area contributed by atoms with Crippen LogP contribution in [-0.4, -0.2) is 25.2 Å². The van der Waals surface area contributed by atoms with Gasteiger partial charge in [0.05, 0.1) is 12.2 Å². The first-order valence-electron chi connectivity index (χ1n) is 9.37. The lowest BCUT2D eigenvalue weighted by Gasteiger charge is -2.31. The number of carbonyl (C=O) groups is 1. The predicted octanol–water partition coefficient (Wildman–Crippen LogP) is 4.38. The molecule has 0 saturated carbocycles. The molecule has 0 unspecified atom stereocenters. The fourth-order valence-corrected chi connectivity index (χ4v) is 5.33. The highest BCUT2D eigenvalue weighted by molar-refractivity contribution is 9.12. The highest BCUT2D eigenvalue weighted by Gasteiger charge is 2.35. The van der Waals surface area contributed by atoms with Gasteiger partial charge >= 0.3 is 10.2 Å². The van der Waals surface area contributed by atoms with E-state index in [0.29, 0.717) is 12.1 Å². The van der Waals surface area contributed by atoms with E-state index < -0.39 is 16.1 Å². The summed E-state index contributed by atoms with van der Waals surface area (Å²) in [6, 6.07) is 23.4. The molecule has 1 amide bonds. The third-order valence-electron chi connectivity index (χ3n) is 4.88. The Morgan fingerprint density at radius 1 is 0.933 bits per heavy atom. The van der Waals surface area contributed by atoms with E-state index in [1.165, 1.54) is 4.31 Å². The van der Waals surface area contributed by atoms with Gasteiger partial charge in [-0.25, -0.2) is 4.72 Å². The number of halogens is 1. The van der Waals surface area contributed by atoms with Crippen molar-refractivity contribution in [2.24, 2.45) is 0 Å². The fraction of sp³-hybridized carbons (Fsp3) is 0.0870. The zero-order chi connectivity index (χ0) is 21.1. The molecule has 0 spiro atoms. The number of amides is 1. The zero-order valence-corrected chi connectivity index (χ0v) is 18.4. The van der Waals surface area contributed by atoms with Crippen LogP contribution in [0.2, 0.25) is 0 Å². The molecule has 0 atom stereocenters. The van der Waals surface area contributed by atoms with E-state index in [0.717, 1.165) is 21.9 Å². The molecule has 1 heterocycles. The first kappa shape index (κ1) is 20.4. The van der Waals surface area contributed by atoms with Crippen molar-refractivity contribution in [1.82, 2.24) is 9.03 Å². The lowest BCUT2D eigenvalue weighted by molar-refractivity contribution is -0.115. The first-order chi connectivity index (χ1) is 14.5. The van der Waals surface area contributed by atoms with E-state index in [1.807, 2.05) is 78.9 Å². The molecule has 152 valence electrons. The third kappa shape index (κ3) is 4.17. The van der Waals surface area contributed by atoms with Crippen molar-refractivity contribution in [3.63, 3.8) is 0 Å². The molecule has 1 aliphatic heterocycles. The van der Waals surface area contributed by atoms with E-state index in [1.54, 1.807) is 6.08 Å². The maximum absolute atomic E-state index is 12.7. The number of rotatable bonds is 5. The van der Waals surface area contributed by atoms with E-state index in [9.17, 15) is 13.2 Å². The standard InChI is InChI=1S/C23H19BrN2O3S/c24-22-21(16-19-13-6-12-18-11-4-5-14-20(18)19)26(30(28,29)25-23(22)27)15-7-10-17-8-2-1-3-9-17/h1-14H,15-16H2,(H,25,27)/b10-7+. The van der Waals surface area contributed by atoms with Gasteiger partial charge < -0.3 is 0 Å². The molecule has 0 fully saturated rings. The average Bonchev–Trinajstić information content (AvgIpc) is 2.74. The molecule has 3 aromatic carbocycles. The fourth-order valence-electron chi connectivity index (χ4n) is 3.45. The van der Waals surface area contributed by atoms with Crippen LogP contribution in [0.1, 0.15) is 11.1 Å². The van der Waals surface area contributed by atoms with Gasteiger partial charge in [-0.2, -0.15) is 8.42 Å². The maximum atomic E-state index is 12.7. The Balaban J connectivity index is 1.71. The summed E-state index contributed by atoms with van der Waals surface area (Å²) in [7, 11) is -3.99. The number of allylic oxidation sites excluding steroid dienone is 1. The lowest BCUT2D eigenvalue weighted by Crippen LogP contribution is -2.48. The second-order valence-corrected chi connectivity index (χ2v) is 9.24. The number of hydrogen-bond donors (Lipinski definition) is 1. The Labute approximate surface area is 184 Å². The molecular weight excluding hydrogens is 464 g/mol. The molecule has 3 aromatic rings. The van der Waals surface area contributed by atoms with Crippen molar-refractivity contribution in [2.75, 3.05) is 6.54 Å². The zero-order valence-electron chi connectivity index (χ0n) is 16.0. The number of nitrogens with one attached hydrogen (secondary N) is 1. The Morgan fingerprint density at radius 3 is 2.43 bits per heavy atom. The summed E-state index contributed by atoms with van der Waals surface area (Å²) in [5.74, 6) is -0.659. The van der Waals surface area contributed by atoms with Crippen LogP contribution in [-0.2, 0) is 21.4 Å². The summed E-state index contributed by atoms with van der Waals surface area (Å²) < 4.78 is 29.0. The summed E-state index contributed by atoms with van der Waals surface area (Å²) >= 11 is 3.31. The quantitative estimate of drug-likeness (QED) is 0.586. The number of hydrogen-bond acceptors (Lipinski definition) is 3. The van der Waals surface area contributed by atoms with Crippen molar-refractivity contribution >= 4 is 48.9 Å². The normalized spacial score (nSPS) is 16.3. The Bertz CT molecular complexity index is 1260. The summed E-state index contributed by atoms with van der Waals surface area (Å²) in [5.41, 5.74) is 2.32. The van der Waals surface area contributed by atoms with Crippen LogP contribution in [0.5, 0.6) is 0 Å². The monoisotopic (exact) mass is 482 g/mol. The second-order valence-electron chi connectivity index (χ2n) is 6.86. The molecule has 30 heavy (non-hydrogen) atoms. The average molecular weight is 483 g/mol. The van der Waals surface area contributed by atoms with Gasteiger partial charge in [0.15, 0.2) is 0 Å². The van der Waals surface area contributed by atoms with Crippen molar-refractivity contribution < 1.29 is 13.2 Å². The van der Waals surface area contributed by atoms with Crippen LogP contribution < -0.4 is 4.72 Å². The highest BCUT2D eigenvalue weighted by Crippen LogP contribution is 2.30.